The molecule has 128 valence electrons. The third-order valence-electron chi connectivity index (χ3n) is 3.77. The zero-order valence-corrected chi connectivity index (χ0v) is 13.6. The lowest BCUT2D eigenvalue weighted by Gasteiger charge is -2.28. The molecule has 1 atom stereocenters. The number of hydrazine groups is 1. The van der Waals surface area contributed by atoms with Crippen LogP contribution in [0.5, 0.6) is 0 Å². The molecule has 2 N–H and O–H groups in total. The van der Waals surface area contributed by atoms with Gasteiger partial charge in [-0.25, -0.2) is 9.40 Å². The van der Waals surface area contributed by atoms with Gasteiger partial charge in [-0.1, -0.05) is 30.3 Å². The quantitative estimate of drug-likeness (QED) is 0.893. The third-order valence-corrected chi connectivity index (χ3v) is 3.77. The number of nitrogens with zero attached hydrogens (tertiary/aromatic N) is 2. The van der Waals surface area contributed by atoms with Gasteiger partial charge in [0, 0.05) is 0 Å². The van der Waals surface area contributed by atoms with E-state index in [2.05, 4.69) is 15.7 Å². The zero-order valence-electron chi connectivity index (χ0n) is 13.6. The number of rotatable bonds is 4. The molecule has 6 nitrogen and oxygen atoms in total. The van der Waals surface area contributed by atoms with Gasteiger partial charge in [0.1, 0.15) is 12.4 Å². The van der Waals surface area contributed by atoms with Gasteiger partial charge in [0.25, 0.3) is 11.8 Å². The average Bonchev–Trinajstić information content (AvgIpc) is 2.62. The number of hydrogen-bond acceptors (Lipinski definition) is 4. The molecule has 2 aromatic carbocycles. The van der Waals surface area contributed by atoms with Crippen LogP contribution in [0.2, 0.25) is 0 Å². The van der Waals surface area contributed by atoms with Gasteiger partial charge in [0.2, 0.25) is 5.84 Å². The first-order chi connectivity index (χ1) is 12.0. The Hall–Kier alpha value is -3.22. The summed E-state index contributed by atoms with van der Waals surface area (Å²) in [6, 6.07) is 14.5. The smallest absolute Gasteiger partial charge is 0.288 e. The molecule has 2 aromatic rings. The van der Waals surface area contributed by atoms with E-state index in [0.717, 1.165) is 0 Å². The van der Waals surface area contributed by atoms with Crippen LogP contribution in [0.4, 0.5) is 10.1 Å². The fraction of sp³-hybridized carbons (Fsp3) is 0.167. The second kappa shape index (κ2) is 7.12. The minimum Gasteiger partial charge on any atom is -0.343 e. The van der Waals surface area contributed by atoms with Crippen molar-refractivity contribution < 1.29 is 14.0 Å². The first kappa shape index (κ1) is 16.6. The Labute approximate surface area is 144 Å². The summed E-state index contributed by atoms with van der Waals surface area (Å²) < 4.78 is 13.3. The molecule has 0 aromatic heterocycles. The predicted molar refractivity (Wildman–Crippen MR) is 92.3 cm³/mol. The summed E-state index contributed by atoms with van der Waals surface area (Å²) in [5.74, 6) is -1.06. The van der Waals surface area contributed by atoms with Crippen LogP contribution in [0.25, 0.3) is 0 Å². The number of carbonyl (C=O) groups excluding carboxylic acids is 2. The fourth-order valence-corrected chi connectivity index (χ4v) is 2.45. The lowest BCUT2D eigenvalue weighted by molar-refractivity contribution is -0.118. The van der Waals surface area contributed by atoms with E-state index in [-0.39, 0.29) is 24.1 Å². The molecule has 1 heterocycles. The predicted octanol–water partition coefficient (Wildman–Crippen LogP) is 1.95. The molecule has 0 spiro atoms. The van der Waals surface area contributed by atoms with Crippen molar-refractivity contribution in [1.82, 2.24) is 10.7 Å². The summed E-state index contributed by atoms with van der Waals surface area (Å²) in [5, 5.41) is 4.03. The maximum atomic E-state index is 13.3. The second-order valence-electron chi connectivity index (χ2n) is 5.59. The number of benzene rings is 2. The van der Waals surface area contributed by atoms with Crippen molar-refractivity contribution in [1.29, 1.82) is 0 Å². The van der Waals surface area contributed by atoms with Gasteiger partial charge in [-0.15, -0.1) is 0 Å². The van der Waals surface area contributed by atoms with E-state index in [4.69, 9.17) is 0 Å². The van der Waals surface area contributed by atoms with E-state index in [1.807, 2.05) is 6.07 Å². The summed E-state index contributed by atoms with van der Waals surface area (Å²) in [5.41, 5.74) is 3.99. The number of amides is 2. The Morgan fingerprint density at radius 3 is 2.72 bits per heavy atom. The fourth-order valence-electron chi connectivity index (χ4n) is 2.45. The maximum absolute atomic E-state index is 13.3. The van der Waals surface area contributed by atoms with Gasteiger partial charge in [-0.2, -0.15) is 0 Å². The van der Waals surface area contributed by atoms with Crippen LogP contribution < -0.4 is 15.8 Å². The van der Waals surface area contributed by atoms with E-state index in [0.29, 0.717) is 11.3 Å². The highest BCUT2D eigenvalue weighted by atomic mass is 19.1. The average molecular weight is 340 g/mol. The van der Waals surface area contributed by atoms with Crippen LogP contribution in [0.1, 0.15) is 18.5 Å². The van der Waals surface area contributed by atoms with Gasteiger partial charge in [0.05, 0.1) is 11.7 Å². The lowest BCUT2D eigenvalue weighted by atomic mass is 10.1. The van der Waals surface area contributed by atoms with Crippen molar-refractivity contribution in [2.24, 2.45) is 4.99 Å². The minimum atomic E-state index is -0.467. The van der Waals surface area contributed by atoms with Crippen LogP contribution in [0, 0.1) is 5.82 Å². The van der Waals surface area contributed by atoms with Crippen LogP contribution in [-0.2, 0) is 9.59 Å². The summed E-state index contributed by atoms with van der Waals surface area (Å²) in [7, 11) is 0. The van der Waals surface area contributed by atoms with Gasteiger partial charge >= 0.3 is 0 Å². The Morgan fingerprint density at radius 2 is 2.00 bits per heavy atom. The summed E-state index contributed by atoms with van der Waals surface area (Å²) in [6.45, 7) is 1.62. The molecular formula is C18H17FN4O2. The Morgan fingerprint density at radius 1 is 1.24 bits per heavy atom. The number of aliphatic imine (C=N–C) groups is 1. The highest BCUT2D eigenvalue weighted by Crippen LogP contribution is 2.15. The number of para-hydroxylation sites is 1. The Balaban J connectivity index is 1.71. The number of nitrogens with one attached hydrogen (secondary N) is 2. The topological polar surface area (TPSA) is 73.8 Å². The van der Waals surface area contributed by atoms with E-state index in [1.165, 1.54) is 17.1 Å². The Kier molecular flexibility index (Phi) is 4.74. The van der Waals surface area contributed by atoms with E-state index in [1.54, 1.807) is 43.3 Å². The lowest BCUT2D eigenvalue weighted by Crippen LogP contribution is -2.56. The van der Waals surface area contributed by atoms with Crippen molar-refractivity contribution in [3.05, 3.63) is 66.0 Å². The van der Waals surface area contributed by atoms with Gasteiger partial charge in [-0.05, 0) is 36.8 Å². The molecular weight excluding hydrogens is 323 g/mol. The van der Waals surface area contributed by atoms with Crippen molar-refractivity contribution in [2.75, 3.05) is 11.6 Å². The first-order valence-electron chi connectivity index (χ1n) is 7.80. The van der Waals surface area contributed by atoms with E-state index in [9.17, 15) is 14.0 Å². The normalized spacial score (nSPS) is 15.2. The van der Waals surface area contributed by atoms with Crippen LogP contribution in [0.3, 0.4) is 0 Å². The highest BCUT2D eigenvalue weighted by molar-refractivity contribution is 6.39. The molecule has 0 fully saturated rings. The number of amidine groups is 1. The van der Waals surface area contributed by atoms with Gasteiger partial charge in [-0.3, -0.25) is 20.0 Å². The molecule has 0 saturated heterocycles. The number of anilines is 1. The second-order valence-corrected chi connectivity index (χ2v) is 5.59. The third kappa shape index (κ3) is 3.82. The summed E-state index contributed by atoms with van der Waals surface area (Å²) in [6.07, 6.45) is 0. The van der Waals surface area contributed by atoms with Crippen LogP contribution >= 0.6 is 0 Å². The number of carbonyl (C=O) groups is 2. The first-order valence-corrected chi connectivity index (χ1v) is 7.80. The largest absolute Gasteiger partial charge is 0.343 e. The molecule has 0 bridgehead atoms. The summed E-state index contributed by atoms with van der Waals surface area (Å²) >= 11 is 0. The highest BCUT2D eigenvalue weighted by Gasteiger charge is 2.26. The molecule has 1 aliphatic heterocycles. The molecule has 3 rings (SSSR count). The van der Waals surface area contributed by atoms with Crippen molar-refractivity contribution in [3.63, 3.8) is 0 Å². The zero-order chi connectivity index (χ0) is 17.8. The van der Waals surface area contributed by atoms with Crippen molar-refractivity contribution in [2.45, 2.75) is 13.0 Å². The van der Waals surface area contributed by atoms with Crippen molar-refractivity contribution >= 4 is 23.3 Å². The molecule has 0 saturated carbocycles. The molecule has 0 radical (unpaired) electrons. The monoisotopic (exact) mass is 340 g/mol. The maximum Gasteiger partial charge on any atom is 0.288 e. The standard InChI is InChI=1S/C18H17FN4O2/c1-12(13-6-5-7-14(19)10-13)21-18(25)17-20-11-16(24)23(22-17)15-8-3-2-4-9-15/h2-10,12H,11H2,1H3,(H,20,22)(H,21,25)/t12-/m1/s1. The molecule has 2 amide bonds. The minimum absolute atomic E-state index is 0.0340. The summed E-state index contributed by atoms with van der Waals surface area (Å²) in [4.78, 5) is 28.4. The van der Waals surface area contributed by atoms with Crippen molar-refractivity contribution in [3.8, 4) is 0 Å². The molecule has 7 heteroatoms. The number of halogens is 1. The van der Waals surface area contributed by atoms with Gasteiger partial charge in [0.15, 0.2) is 0 Å². The number of hydrogen-bond donors (Lipinski definition) is 2. The molecule has 1 aliphatic rings. The Bertz CT molecular complexity index is 823. The van der Waals surface area contributed by atoms with Crippen LogP contribution in [-0.4, -0.2) is 24.2 Å². The van der Waals surface area contributed by atoms with Crippen LogP contribution in [0.15, 0.2) is 59.6 Å². The van der Waals surface area contributed by atoms with E-state index >= 15 is 0 Å². The molecule has 0 unspecified atom stereocenters. The van der Waals surface area contributed by atoms with E-state index < -0.39 is 11.9 Å². The molecule has 0 aliphatic carbocycles. The SMILES string of the molecule is C[C@@H](NC(=O)C1=NCC(=O)N(c2ccccc2)N1)c1cccc(F)c1. The van der Waals surface area contributed by atoms with Gasteiger partial charge < -0.3 is 5.32 Å². The molecule has 25 heavy (non-hydrogen) atoms.